The summed E-state index contributed by atoms with van der Waals surface area (Å²) in [6.45, 7) is 5.21. The molecule has 0 bridgehead atoms. The fourth-order valence-electron chi connectivity index (χ4n) is 3.61. The van der Waals surface area contributed by atoms with Crippen LogP contribution in [-0.2, 0) is 6.54 Å². The fourth-order valence-corrected chi connectivity index (χ4v) is 3.61. The van der Waals surface area contributed by atoms with Gasteiger partial charge in [-0.15, -0.1) is 0 Å². The van der Waals surface area contributed by atoms with Gasteiger partial charge in [0.1, 0.15) is 0 Å². The average molecular weight is 274 g/mol. The Hall–Kier alpha value is -0.860. The quantitative estimate of drug-likeness (QED) is 0.829. The smallest absolute Gasteiger partial charge is 0.0233 e. The van der Waals surface area contributed by atoms with Crippen LogP contribution in [0, 0.1) is 12.3 Å². The number of benzene rings is 1. The Morgan fingerprint density at radius 3 is 2.35 bits per heavy atom. The van der Waals surface area contributed by atoms with Crippen molar-refractivity contribution in [2.75, 3.05) is 20.1 Å². The van der Waals surface area contributed by atoms with Gasteiger partial charge in [0.2, 0.25) is 0 Å². The summed E-state index contributed by atoms with van der Waals surface area (Å²) >= 11 is 0. The van der Waals surface area contributed by atoms with Gasteiger partial charge < -0.3 is 10.6 Å². The van der Waals surface area contributed by atoms with Crippen LogP contribution >= 0.6 is 0 Å². The van der Waals surface area contributed by atoms with Crippen LogP contribution in [0.3, 0.4) is 0 Å². The van der Waals surface area contributed by atoms with Gasteiger partial charge in [0.05, 0.1) is 0 Å². The molecular formula is C18H30N2. The molecule has 1 saturated carbocycles. The minimum absolute atomic E-state index is 0.355. The second-order valence-corrected chi connectivity index (χ2v) is 6.72. The summed E-state index contributed by atoms with van der Waals surface area (Å²) in [6.07, 6.45) is 8.11. The standard InChI is InChI=1S/C18H30N2/c1-16-9-5-6-10-17(16)13-20(2)15-18(14-19)11-7-3-4-8-12-18/h5-6,9-10H,3-4,7-8,11-15,19H2,1-2H3. The average Bonchev–Trinajstić information content (AvgIpc) is 2.67. The molecule has 2 rings (SSSR count). The van der Waals surface area contributed by atoms with Crippen molar-refractivity contribution in [3.05, 3.63) is 35.4 Å². The molecule has 0 unspecified atom stereocenters. The topological polar surface area (TPSA) is 29.3 Å². The van der Waals surface area contributed by atoms with Gasteiger partial charge in [0, 0.05) is 13.1 Å². The molecule has 1 aromatic carbocycles. The van der Waals surface area contributed by atoms with Crippen LogP contribution in [0.4, 0.5) is 0 Å². The lowest BCUT2D eigenvalue weighted by atomic mass is 9.80. The van der Waals surface area contributed by atoms with Gasteiger partial charge in [0.25, 0.3) is 0 Å². The highest BCUT2D eigenvalue weighted by Crippen LogP contribution is 2.35. The van der Waals surface area contributed by atoms with Gasteiger partial charge in [-0.05, 0) is 49.9 Å². The van der Waals surface area contributed by atoms with Gasteiger partial charge in [-0.3, -0.25) is 0 Å². The number of nitrogens with two attached hydrogens (primary N) is 1. The van der Waals surface area contributed by atoms with Crippen molar-refractivity contribution >= 4 is 0 Å². The molecule has 0 spiro atoms. The highest BCUT2D eigenvalue weighted by Gasteiger charge is 2.30. The van der Waals surface area contributed by atoms with E-state index in [1.165, 1.54) is 49.7 Å². The Bertz CT molecular complexity index is 406. The predicted octanol–water partition coefficient (Wildman–Crippen LogP) is 3.73. The maximum Gasteiger partial charge on any atom is 0.0233 e. The van der Waals surface area contributed by atoms with Crippen molar-refractivity contribution < 1.29 is 0 Å². The van der Waals surface area contributed by atoms with Crippen molar-refractivity contribution in [1.82, 2.24) is 4.90 Å². The van der Waals surface area contributed by atoms with Gasteiger partial charge in [-0.1, -0.05) is 49.9 Å². The largest absolute Gasteiger partial charge is 0.330 e. The first-order valence-corrected chi connectivity index (χ1v) is 8.08. The zero-order chi connectivity index (χ0) is 14.4. The molecule has 0 saturated heterocycles. The van der Waals surface area contributed by atoms with Crippen molar-refractivity contribution in [3.8, 4) is 0 Å². The van der Waals surface area contributed by atoms with Crippen molar-refractivity contribution in [3.63, 3.8) is 0 Å². The fraction of sp³-hybridized carbons (Fsp3) is 0.667. The summed E-state index contributed by atoms with van der Waals surface area (Å²) in [4.78, 5) is 2.47. The Kier molecular flexibility index (Phi) is 5.62. The summed E-state index contributed by atoms with van der Waals surface area (Å²) in [5.41, 5.74) is 9.34. The van der Waals surface area contributed by atoms with Crippen molar-refractivity contribution in [1.29, 1.82) is 0 Å². The first-order chi connectivity index (χ1) is 9.65. The van der Waals surface area contributed by atoms with Crippen LogP contribution in [-0.4, -0.2) is 25.0 Å². The minimum atomic E-state index is 0.355. The third-order valence-corrected chi connectivity index (χ3v) is 4.90. The summed E-state index contributed by atoms with van der Waals surface area (Å²) in [7, 11) is 2.24. The number of hydrogen-bond donors (Lipinski definition) is 1. The van der Waals surface area contributed by atoms with E-state index in [0.717, 1.165) is 19.6 Å². The van der Waals surface area contributed by atoms with E-state index in [0.29, 0.717) is 5.41 Å². The molecule has 0 atom stereocenters. The summed E-state index contributed by atoms with van der Waals surface area (Å²) in [6, 6.07) is 8.70. The molecular weight excluding hydrogens is 244 g/mol. The third-order valence-electron chi connectivity index (χ3n) is 4.90. The Morgan fingerprint density at radius 1 is 1.10 bits per heavy atom. The molecule has 0 aromatic heterocycles. The molecule has 1 aliphatic rings. The molecule has 1 aliphatic carbocycles. The second kappa shape index (κ2) is 7.24. The third kappa shape index (κ3) is 4.07. The zero-order valence-electron chi connectivity index (χ0n) is 13.2. The van der Waals surface area contributed by atoms with E-state index in [9.17, 15) is 0 Å². The van der Waals surface area contributed by atoms with Crippen molar-refractivity contribution in [2.45, 2.75) is 52.0 Å². The van der Waals surface area contributed by atoms with Crippen LogP contribution in [0.15, 0.2) is 24.3 Å². The summed E-state index contributed by atoms with van der Waals surface area (Å²) in [5.74, 6) is 0. The van der Waals surface area contributed by atoms with Crippen LogP contribution in [0.5, 0.6) is 0 Å². The lowest BCUT2D eigenvalue weighted by Crippen LogP contribution is -2.40. The van der Waals surface area contributed by atoms with E-state index in [1.807, 2.05) is 0 Å². The number of rotatable bonds is 5. The normalized spacial score (nSPS) is 19.0. The molecule has 2 N–H and O–H groups in total. The number of hydrogen-bond acceptors (Lipinski definition) is 2. The monoisotopic (exact) mass is 274 g/mol. The molecule has 1 fully saturated rings. The SMILES string of the molecule is Cc1ccccc1CN(C)CC1(CN)CCCCCC1. The van der Waals surface area contributed by atoms with Crippen LogP contribution < -0.4 is 5.73 Å². The molecule has 112 valence electrons. The molecule has 0 amide bonds. The van der Waals surface area contributed by atoms with E-state index in [1.54, 1.807) is 0 Å². The highest BCUT2D eigenvalue weighted by atomic mass is 15.1. The summed E-state index contributed by atoms with van der Waals surface area (Å²) < 4.78 is 0. The van der Waals surface area contributed by atoms with Gasteiger partial charge in [-0.25, -0.2) is 0 Å². The molecule has 1 aromatic rings. The molecule has 2 nitrogen and oxygen atoms in total. The maximum atomic E-state index is 6.15. The van der Waals surface area contributed by atoms with Gasteiger partial charge in [0.15, 0.2) is 0 Å². The summed E-state index contributed by atoms with van der Waals surface area (Å²) in [5, 5.41) is 0. The Balaban J connectivity index is 1.98. The van der Waals surface area contributed by atoms with Crippen LogP contribution in [0.1, 0.15) is 49.7 Å². The molecule has 0 aliphatic heterocycles. The first-order valence-electron chi connectivity index (χ1n) is 8.08. The van der Waals surface area contributed by atoms with Crippen LogP contribution in [0.2, 0.25) is 0 Å². The zero-order valence-corrected chi connectivity index (χ0v) is 13.2. The Morgan fingerprint density at radius 2 is 1.75 bits per heavy atom. The molecule has 0 radical (unpaired) electrons. The lowest BCUT2D eigenvalue weighted by molar-refractivity contribution is 0.153. The van der Waals surface area contributed by atoms with E-state index >= 15 is 0 Å². The number of aryl methyl sites for hydroxylation is 1. The van der Waals surface area contributed by atoms with Gasteiger partial charge >= 0.3 is 0 Å². The molecule has 0 heterocycles. The van der Waals surface area contributed by atoms with E-state index in [2.05, 4.69) is 43.1 Å². The molecule has 2 heteroatoms. The molecule has 20 heavy (non-hydrogen) atoms. The maximum absolute atomic E-state index is 6.15. The second-order valence-electron chi connectivity index (χ2n) is 6.72. The van der Waals surface area contributed by atoms with Gasteiger partial charge in [-0.2, -0.15) is 0 Å². The minimum Gasteiger partial charge on any atom is -0.330 e. The first kappa shape index (κ1) is 15.5. The Labute approximate surface area is 124 Å². The predicted molar refractivity (Wildman–Crippen MR) is 86.7 cm³/mol. The highest BCUT2D eigenvalue weighted by molar-refractivity contribution is 5.25. The lowest BCUT2D eigenvalue weighted by Gasteiger charge is -2.35. The van der Waals surface area contributed by atoms with E-state index in [-0.39, 0.29) is 0 Å². The number of nitrogens with zero attached hydrogens (tertiary/aromatic N) is 1. The van der Waals surface area contributed by atoms with E-state index < -0.39 is 0 Å². The van der Waals surface area contributed by atoms with E-state index in [4.69, 9.17) is 5.73 Å². The van der Waals surface area contributed by atoms with Crippen LogP contribution in [0.25, 0.3) is 0 Å². The van der Waals surface area contributed by atoms with Crippen molar-refractivity contribution in [2.24, 2.45) is 11.1 Å².